The molecule has 100 valence electrons. The molecule has 0 spiro atoms. The van der Waals surface area contributed by atoms with Crippen molar-refractivity contribution in [1.29, 1.82) is 0 Å². The van der Waals surface area contributed by atoms with Gasteiger partial charge < -0.3 is 9.88 Å². The van der Waals surface area contributed by atoms with E-state index < -0.39 is 4.92 Å². The van der Waals surface area contributed by atoms with Gasteiger partial charge in [0, 0.05) is 13.1 Å². The Morgan fingerprint density at radius 3 is 2.74 bits per heavy atom. The van der Waals surface area contributed by atoms with E-state index in [2.05, 4.69) is 20.5 Å². The van der Waals surface area contributed by atoms with Crippen LogP contribution in [0.1, 0.15) is 24.5 Å². The molecule has 2 heterocycles. The van der Waals surface area contributed by atoms with Crippen molar-refractivity contribution in [2.24, 2.45) is 7.05 Å². The van der Waals surface area contributed by atoms with Crippen molar-refractivity contribution in [3.05, 3.63) is 40.1 Å². The van der Waals surface area contributed by atoms with Crippen molar-refractivity contribution >= 4 is 11.5 Å². The summed E-state index contributed by atoms with van der Waals surface area (Å²) in [6, 6.07) is 2.92. The number of aromatic nitrogens is 4. The summed E-state index contributed by atoms with van der Waals surface area (Å²) in [4.78, 5) is 14.4. The van der Waals surface area contributed by atoms with E-state index in [-0.39, 0.29) is 11.7 Å². The highest BCUT2D eigenvalue weighted by molar-refractivity contribution is 5.45. The first-order valence-corrected chi connectivity index (χ1v) is 5.71. The molecule has 0 bridgehead atoms. The fourth-order valence-electron chi connectivity index (χ4n) is 1.80. The number of anilines is 1. The second-order valence-corrected chi connectivity index (χ2v) is 4.22. The van der Waals surface area contributed by atoms with E-state index in [0.29, 0.717) is 11.5 Å². The second kappa shape index (κ2) is 5.01. The van der Waals surface area contributed by atoms with Crippen LogP contribution in [0.25, 0.3) is 0 Å². The highest BCUT2D eigenvalue weighted by Crippen LogP contribution is 2.20. The molecule has 0 aliphatic rings. The number of hydrogen-bond donors (Lipinski definition) is 1. The Kier molecular flexibility index (Phi) is 3.41. The van der Waals surface area contributed by atoms with Gasteiger partial charge in [0.05, 0.1) is 11.0 Å². The summed E-state index contributed by atoms with van der Waals surface area (Å²) < 4.78 is 1.80. The van der Waals surface area contributed by atoms with Gasteiger partial charge in [0.2, 0.25) is 0 Å². The topological polar surface area (TPSA) is 98.8 Å². The third-order valence-electron chi connectivity index (χ3n) is 2.75. The molecule has 1 unspecified atom stereocenters. The fourth-order valence-corrected chi connectivity index (χ4v) is 1.80. The molecule has 1 atom stereocenters. The molecule has 1 N–H and O–H groups in total. The van der Waals surface area contributed by atoms with E-state index in [1.54, 1.807) is 23.9 Å². The molecule has 19 heavy (non-hydrogen) atoms. The normalized spacial score (nSPS) is 12.2. The number of nitrogens with zero attached hydrogens (tertiary/aromatic N) is 5. The predicted molar refractivity (Wildman–Crippen MR) is 68.7 cm³/mol. The van der Waals surface area contributed by atoms with Crippen molar-refractivity contribution in [3.8, 4) is 0 Å². The smallest absolute Gasteiger partial charge is 0.290 e. The molecule has 0 aromatic carbocycles. The van der Waals surface area contributed by atoms with Gasteiger partial charge in [0.15, 0.2) is 5.82 Å². The number of aryl methyl sites for hydroxylation is 2. The minimum atomic E-state index is -0.446. The number of nitro groups is 1. The molecule has 0 fully saturated rings. The maximum absolute atomic E-state index is 10.7. The molecule has 2 aromatic rings. The Hall–Kier alpha value is -2.51. The van der Waals surface area contributed by atoms with Crippen LogP contribution in [0.15, 0.2) is 18.5 Å². The van der Waals surface area contributed by atoms with Crippen molar-refractivity contribution in [3.63, 3.8) is 0 Å². The first-order valence-electron chi connectivity index (χ1n) is 5.71. The Labute approximate surface area is 109 Å². The van der Waals surface area contributed by atoms with Crippen LogP contribution in [0.2, 0.25) is 0 Å². The second-order valence-electron chi connectivity index (χ2n) is 4.22. The summed E-state index contributed by atoms with van der Waals surface area (Å²) in [5.41, 5.74) is 0.386. The molecule has 0 saturated carbocycles. The molecule has 8 nitrogen and oxygen atoms in total. The van der Waals surface area contributed by atoms with Gasteiger partial charge in [-0.3, -0.25) is 10.1 Å². The molecular formula is C11H14N6O2. The van der Waals surface area contributed by atoms with E-state index in [1.807, 2.05) is 14.0 Å². The Balaban J connectivity index is 2.18. The van der Waals surface area contributed by atoms with Crippen LogP contribution in [-0.4, -0.2) is 24.7 Å². The van der Waals surface area contributed by atoms with Gasteiger partial charge in [-0.05, 0) is 19.9 Å². The van der Waals surface area contributed by atoms with Crippen LogP contribution >= 0.6 is 0 Å². The van der Waals surface area contributed by atoms with Crippen LogP contribution in [0.3, 0.4) is 0 Å². The lowest BCUT2D eigenvalue weighted by Crippen LogP contribution is -2.13. The standard InChI is InChI=1S/C11H14N6O2/c1-7-9(17(18)19)4-5-10(13-7)14-8(2)11-15-12-6-16(11)3/h4-6,8H,1-3H3,(H,13,14). The van der Waals surface area contributed by atoms with E-state index in [9.17, 15) is 10.1 Å². The zero-order valence-electron chi connectivity index (χ0n) is 10.9. The summed E-state index contributed by atoms with van der Waals surface area (Å²) in [6.07, 6.45) is 1.61. The zero-order chi connectivity index (χ0) is 14.0. The molecule has 0 aliphatic carbocycles. The van der Waals surface area contributed by atoms with Crippen molar-refractivity contribution in [2.75, 3.05) is 5.32 Å². The monoisotopic (exact) mass is 262 g/mol. The lowest BCUT2D eigenvalue weighted by atomic mass is 10.3. The number of nitrogens with one attached hydrogen (secondary N) is 1. The largest absolute Gasteiger partial charge is 0.360 e. The van der Waals surface area contributed by atoms with Crippen molar-refractivity contribution in [2.45, 2.75) is 19.9 Å². The predicted octanol–water partition coefficient (Wildman–Crippen LogP) is 1.60. The quantitative estimate of drug-likeness (QED) is 0.663. The van der Waals surface area contributed by atoms with E-state index in [0.717, 1.165) is 5.82 Å². The zero-order valence-corrected chi connectivity index (χ0v) is 10.9. The van der Waals surface area contributed by atoms with Crippen LogP contribution in [0, 0.1) is 17.0 Å². The summed E-state index contributed by atoms with van der Waals surface area (Å²) in [7, 11) is 1.85. The molecule has 0 saturated heterocycles. The van der Waals surface area contributed by atoms with Crippen molar-refractivity contribution < 1.29 is 4.92 Å². The number of rotatable bonds is 4. The van der Waals surface area contributed by atoms with E-state index >= 15 is 0 Å². The first-order chi connectivity index (χ1) is 8.99. The van der Waals surface area contributed by atoms with Gasteiger partial charge >= 0.3 is 0 Å². The Morgan fingerprint density at radius 2 is 2.21 bits per heavy atom. The number of hydrogen-bond acceptors (Lipinski definition) is 6. The highest BCUT2D eigenvalue weighted by atomic mass is 16.6. The fraction of sp³-hybridized carbons (Fsp3) is 0.364. The van der Waals surface area contributed by atoms with Gasteiger partial charge in [-0.1, -0.05) is 0 Å². The number of pyridine rings is 1. The Morgan fingerprint density at radius 1 is 1.47 bits per heavy atom. The van der Waals surface area contributed by atoms with Crippen molar-refractivity contribution in [1.82, 2.24) is 19.7 Å². The summed E-state index contributed by atoms with van der Waals surface area (Å²) in [6.45, 7) is 3.53. The minimum Gasteiger partial charge on any atom is -0.360 e. The molecule has 0 radical (unpaired) electrons. The SMILES string of the molecule is Cc1nc(NC(C)c2nncn2C)ccc1[N+](=O)[O-]. The van der Waals surface area contributed by atoms with Crippen LogP contribution in [0.4, 0.5) is 11.5 Å². The third kappa shape index (κ3) is 2.67. The molecular weight excluding hydrogens is 248 g/mol. The molecule has 0 amide bonds. The van der Waals surface area contributed by atoms with Crippen LogP contribution in [0.5, 0.6) is 0 Å². The minimum absolute atomic E-state index is 0.0110. The first kappa shape index (κ1) is 12.9. The summed E-state index contributed by atoms with van der Waals surface area (Å²) in [5, 5.41) is 21.6. The third-order valence-corrected chi connectivity index (χ3v) is 2.75. The van der Waals surface area contributed by atoms with Gasteiger partial charge in [0.1, 0.15) is 17.8 Å². The van der Waals surface area contributed by atoms with Gasteiger partial charge in [0.25, 0.3) is 5.69 Å². The average molecular weight is 262 g/mol. The maximum atomic E-state index is 10.7. The lowest BCUT2D eigenvalue weighted by molar-refractivity contribution is -0.385. The highest BCUT2D eigenvalue weighted by Gasteiger charge is 2.15. The van der Waals surface area contributed by atoms with Crippen LogP contribution < -0.4 is 5.32 Å². The van der Waals surface area contributed by atoms with Crippen LogP contribution in [-0.2, 0) is 7.05 Å². The van der Waals surface area contributed by atoms with Gasteiger partial charge in [-0.2, -0.15) is 0 Å². The van der Waals surface area contributed by atoms with Gasteiger partial charge in [-0.25, -0.2) is 4.98 Å². The van der Waals surface area contributed by atoms with E-state index in [1.165, 1.54) is 6.07 Å². The summed E-state index contributed by atoms with van der Waals surface area (Å²) in [5.74, 6) is 1.33. The van der Waals surface area contributed by atoms with E-state index in [4.69, 9.17) is 0 Å². The molecule has 2 rings (SSSR count). The lowest BCUT2D eigenvalue weighted by Gasteiger charge is -2.13. The molecule has 2 aromatic heterocycles. The molecule has 0 aliphatic heterocycles. The Bertz CT molecular complexity index is 609. The van der Waals surface area contributed by atoms with Gasteiger partial charge in [-0.15, -0.1) is 10.2 Å². The summed E-state index contributed by atoms with van der Waals surface area (Å²) >= 11 is 0. The maximum Gasteiger partial charge on any atom is 0.290 e. The molecule has 8 heteroatoms. The average Bonchev–Trinajstić information content (AvgIpc) is 2.75.